The summed E-state index contributed by atoms with van der Waals surface area (Å²) in [6.07, 6.45) is -0.432. The van der Waals surface area contributed by atoms with Gasteiger partial charge in [-0.2, -0.15) is 0 Å². The summed E-state index contributed by atoms with van der Waals surface area (Å²) < 4.78 is 0. The van der Waals surface area contributed by atoms with Crippen molar-refractivity contribution in [2.45, 2.75) is 11.0 Å². The summed E-state index contributed by atoms with van der Waals surface area (Å²) in [6.45, 7) is 0. The molecular formula is C14H15NOS. The van der Waals surface area contributed by atoms with Crippen LogP contribution in [0.15, 0.2) is 59.5 Å². The topological polar surface area (TPSA) is 46.2 Å². The molecule has 0 bridgehead atoms. The molecule has 0 spiro atoms. The number of hydrogen-bond donors (Lipinski definition) is 2. The molecule has 88 valence electrons. The fourth-order valence-electron chi connectivity index (χ4n) is 1.51. The van der Waals surface area contributed by atoms with Gasteiger partial charge in [-0.1, -0.05) is 30.3 Å². The van der Waals surface area contributed by atoms with Crippen LogP contribution in [-0.2, 0) is 0 Å². The minimum absolute atomic E-state index is 0.432. The van der Waals surface area contributed by atoms with Gasteiger partial charge in [-0.15, -0.1) is 11.8 Å². The molecule has 0 heterocycles. The average Bonchev–Trinajstić information content (AvgIpc) is 2.39. The van der Waals surface area contributed by atoms with Gasteiger partial charge in [0.05, 0.1) is 6.10 Å². The molecule has 0 saturated heterocycles. The van der Waals surface area contributed by atoms with E-state index in [1.807, 2.05) is 54.6 Å². The smallest absolute Gasteiger partial charge is 0.0883 e. The van der Waals surface area contributed by atoms with Crippen LogP contribution in [0.5, 0.6) is 0 Å². The molecule has 0 unspecified atom stereocenters. The van der Waals surface area contributed by atoms with Gasteiger partial charge < -0.3 is 10.8 Å². The van der Waals surface area contributed by atoms with E-state index >= 15 is 0 Å². The van der Waals surface area contributed by atoms with E-state index in [0.29, 0.717) is 5.75 Å². The number of nitrogen functional groups attached to an aromatic ring is 1. The lowest BCUT2D eigenvalue weighted by Crippen LogP contribution is -1.99. The molecule has 3 heteroatoms. The highest BCUT2D eigenvalue weighted by atomic mass is 32.2. The fraction of sp³-hybridized carbons (Fsp3) is 0.143. The van der Waals surface area contributed by atoms with E-state index in [2.05, 4.69) is 0 Å². The molecule has 0 aromatic heterocycles. The zero-order chi connectivity index (χ0) is 12.1. The van der Waals surface area contributed by atoms with Gasteiger partial charge in [0.2, 0.25) is 0 Å². The third-order valence-corrected chi connectivity index (χ3v) is 3.56. The fourth-order valence-corrected chi connectivity index (χ4v) is 2.38. The van der Waals surface area contributed by atoms with E-state index in [9.17, 15) is 5.11 Å². The number of nitrogens with two attached hydrogens (primary N) is 1. The molecule has 17 heavy (non-hydrogen) atoms. The van der Waals surface area contributed by atoms with Crippen LogP contribution >= 0.6 is 11.8 Å². The Morgan fingerprint density at radius 3 is 2.29 bits per heavy atom. The number of thioether (sulfide) groups is 1. The van der Waals surface area contributed by atoms with E-state index in [1.165, 1.54) is 0 Å². The van der Waals surface area contributed by atoms with Crippen LogP contribution in [0.4, 0.5) is 5.69 Å². The predicted octanol–water partition coefficient (Wildman–Crippen LogP) is 3.09. The van der Waals surface area contributed by atoms with Crippen LogP contribution in [0.2, 0.25) is 0 Å². The molecule has 1 atom stereocenters. The van der Waals surface area contributed by atoms with Gasteiger partial charge >= 0.3 is 0 Å². The molecule has 3 N–H and O–H groups in total. The van der Waals surface area contributed by atoms with Crippen LogP contribution in [0.25, 0.3) is 0 Å². The van der Waals surface area contributed by atoms with E-state index < -0.39 is 6.10 Å². The van der Waals surface area contributed by atoms with Gasteiger partial charge in [-0.3, -0.25) is 0 Å². The van der Waals surface area contributed by atoms with Gasteiger partial charge in [0.25, 0.3) is 0 Å². The third-order valence-electron chi connectivity index (χ3n) is 2.47. The Labute approximate surface area is 105 Å². The molecule has 2 aromatic rings. The minimum atomic E-state index is -0.432. The second-order valence-corrected chi connectivity index (χ2v) is 4.90. The summed E-state index contributed by atoms with van der Waals surface area (Å²) in [5.74, 6) is 0.647. The lowest BCUT2D eigenvalue weighted by Gasteiger charge is -2.10. The molecule has 2 rings (SSSR count). The normalized spacial score (nSPS) is 12.3. The van der Waals surface area contributed by atoms with Crippen LogP contribution < -0.4 is 5.73 Å². The van der Waals surface area contributed by atoms with Gasteiger partial charge in [0.1, 0.15) is 0 Å². The molecule has 2 nitrogen and oxygen atoms in total. The summed E-state index contributed by atoms with van der Waals surface area (Å²) in [5.41, 5.74) is 7.33. The predicted molar refractivity (Wildman–Crippen MR) is 73.0 cm³/mol. The maximum Gasteiger partial charge on any atom is 0.0883 e. The standard InChI is InChI=1S/C14H15NOS/c15-12-6-8-13(9-7-12)17-10-14(16)11-4-2-1-3-5-11/h1-9,14,16H,10,15H2/t14-/m1/s1. The molecule has 0 aliphatic heterocycles. The number of hydrogen-bond acceptors (Lipinski definition) is 3. The summed E-state index contributed by atoms with van der Waals surface area (Å²) in [5, 5.41) is 9.99. The minimum Gasteiger partial charge on any atom is -0.399 e. The molecule has 0 saturated carbocycles. The van der Waals surface area contributed by atoms with Crippen molar-refractivity contribution < 1.29 is 5.11 Å². The number of benzene rings is 2. The molecular weight excluding hydrogens is 230 g/mol. The summed E-state index contributed by atoms with van der Waals surface area (Å²) in [7, 11) is 0. The van der Waals surface area contributed by atoms with Gasteiger partial charge in [-0.05, 0) is 29.8 Å². The number of rotatable bonds is 4. The van der Waals surface area contributed by atoms with Crippen LogP contribution in [0.3, 0.4) is 0 Å². The molecule has 0 amide bonds. The third kappa shape index (κ3) is 3.51. The van der Waals surface area contributed by atoms with Crippen molar-refractivity contribution in [1.82, 2.24) is 0 Å². The van der Waals surface area contributed by atoms with Crippen LogP contribution in [-0.4, -0.2) is 10.9 Å². The van der Waals surface area contributed by atoms with Crippen molar-refractivity contribution in [2.24, 2.45) is 0 Å². The highest BCUT2D eigenvalue weighted by molar-refractivity contribution is 7.99. The number of anilines is 1. The largest absolute Gasteiger partial charge is 0.399 e. The lowest BCUT2D eigenvalue weighted by molar-refractivity contribution is 0.204. The molecule has 2 aromatic carbocycles. The number of aliphatic hydroxyl groups excluding tert-OH is 1. The van der Waals surface area contributed by atoms with Crippen molar-refractivity contribution in [3.63, 3.8) is 0 Å². The van der Waals surface area contributed by atoms with Gasteiger partial charge in [-0.25, -0.2) is 0 Å². The van der Waals surface area contributed by atoms with E-state index in [4.69, 9.17) is 5.73 Å². The SMILES string of the molecule is Nc1ccc(SC[C@@H](O)c2ccccc2)cc1. The van der Waals surface area contributed by atoms with Crippen molar-refractivity contribution in [1.29, 1.82) is 0 Å². The van der Waals surface area contributed by atoms with Gasteiger partial charge in [0.15, 0.2) is 0 Å². The molecule has 0 radical (unpaired) electrons. The summed E-state index contributed by atoms with van der Waals surface area (Å²) >= 11 is 1.63. The van der Waals surface area contributed by atoms with Crippen molar-refractivity contribution in [3.05, 3.63) is 60.2 Å². The van der Waals surface area contributed by atoms with Crippen molar-refractivity contribution in [2.75, 3.05) is 11.5 Å². The first-order valence-corrected chi connectivity index (χ1v) is 6.45. The lowest BCUT2D eigenvalue weighted by atomic mass is 10.1. The van der Waals surface area contributed by atoms with E-state index in [-0.39, 0.29) is 0 Å². The zero-order valence-corrected chi connectivity index (χ0v) is 10.2. The number of aliphatic hydroxyl groups is 1. The Morgan fingerprint density at radius 2 is 1.65 bits per heavy atom. The Bertz CT molecular complexity index is 455. The van der Waals surface area contributed by atoms with Gasteiger partial charge in [0, 0.05) is 16.3 Å². The Balaban J connectivity index is 1.92. The summed E-state index contributed by atoms with van der Waals surface area (Å²) in [6, 6.07) is 17.4. The average molecular weight is 245 g/mol. The first kappa shape index (κ1) is 12.0. The van der Waals surface area contributed by atoms with Crippen molar-refractivity contribution in [3.8, 4) is 0 Å². The second-order valence-electron chi connectivity index (χ2n) is 3.81. The highest BCUT2D eigenvalue weighted by Gasteiger charge is 2.07. The van der Waals surface area contributed by atoms with Crippen LogP contribution in [0.1, 0.15) is 11.7 Å². The first-order chi connectivity index (χ1) is 8.25. The van der Waals surface area contributed by atoms with E-state index in [1.54, 1.807) is 11.8 Å². The van der Waals surface area contributed by atoms with Crippen molar-refractivity contribution >= 4 is 17.4 Å². The first-order valence-electron chi connectivity index (χ1n) is 5.47. The highest BCUT2D eigenvalue weighted by Crippen LogP contribution is 2.25. The molecule has 0 fully saturated rings. The molecule has 0 aliphatic carbocycles. The van der Waals surface area contributed by atoms with E-state index in [0.717, 1.165) is 16.1 Å². The monoisotopic (exact) mass is 245 g/mol. The summed E-state index contributed by atoms with van der Waals surface area (Å²) in [4.78, 5) is 1.12. The maximum atomic E-state index is 9.99. The molecule has 0 aliphatic rings. The quantitative estimate of drug-likeness (QED) is 0.642. The Morgan fingerprint density at radius 1 is 1.00 bits per heavy atom. The zero-order valence-electron chi connectivity index (χ0n) is 9.41. The Kier molecular flexibility index (Phi) is 4.07. The maximum absolute atomic E-state index is 9.99. The Hall–Kier alpha value is -1.45. The second kappa shape index (κ2) is 5.75. The van der Waals surface area contributed by atoms with Crippen LogP contribution in [0, 0.1) is 0 Å².